The Morgan fingerprint density at radius 1 is 1.54 bits per heavy atom. The van der Waals surface area contributed by atoms with Crippen LogP contribution in [0.2, 0.25) is 0 Å². The highest BCUT2D eigenvalue weighted by Gasteiger charge is 2.02. The Labute approximate surface area is 85.3 Å². The lowest BCUT2D eigenvalue weighted by Crippen LogP contribution is -1.97. The number of rotatable bonds is 4. The standard InChI is InChI=1S/C10H10BrFO/c1-2-3-6-13-10-5-4-8(11)7-9(10)12/h2,4-5,7H,1,3,6H2. The first-order chi connectivity index (χ1) is 6.24. The SMILES string of the molecule is C=CCCOc1ccc(Br)cc1F. The Morgan fingerprint density at radius 3 is 2.92 bits per heavy atom. The van der Waals surface area contributed by atoms with Crippen LogP contribution in [0.3, 0.4) is 0 Å². The maximum absolute atomic E-state index is 13.1. The minimum atomic E-state index is -0.349. The maximum atomic E-state index is 13.1. The molecule has 0 aliphatic rings. The van der Waals surface area contributed by atoms with Crippen molar-refractivity contribution in [2.75, 3.05) is 6.61 Å². The average molecular weight is 245 g/mol. The first-order valence-electron chi connectivity index (χ1n) is 3.93. The summed E-state index contributed by atoms with van der Waals surface area (Å²) in [5, 5.41) is 0. The second-order valence-electron chi connectivity index (χ2n) is 2.50. The predicted molar refractivity (Wildman–Crippen MR) is 54.4 cm³/mol. The quantitative estimate of drug-likeness (QED) is 0.582. The Balaban J connectivity index is 2.61. The van der Waals surface area contributed by atoms with E-state index in [4.69, 9.17) is 4.74 Å². The molecule has 1 aromatic rings. The normalized spacial score (nSPS) is 9.69. The van der Waals surface area contributed by atoms with Crippen LogP contribution in [0, 0.1) is 5.82 Å². The van der Waals surface area contributed by atoms with Gasteiger partial charge in [0.2, 0.25) is 0 Å². The Kier molecular flexibility index (Phi) is 3.96. The summed E-state index contributed by atoms with van der Waals surface area (Å²) < 4.78 is 19.0. The molecule has 0 bridgehead atoms. The lowest BCUT2D eigenvalue weighted by Gasteiger charge is -2.05. The summed E-state index contributed by atoms with van der Waals surface area (Å²) in [5.41, 5.74) is 0. The van der Waals surface area contributed by atoms with Crippen molar-refractivity contribution >= 4 is 15.9 Å². The van der Waals surface area contributed by atoms with Gasteiger partial charge in [0.05, 0.1) is 6.61 Å². The van der Waals surface area contributed by atoms with Crippen molar-refractivity contribution in [1.29, 1.82) is 0 Å². The molecule has 0 heterocycles. The molecule has 0 radical (unpaired) electrons. The molecule has 0 spiro atoms. The fourth-order valence-electron chi connectivity index (χ4n) is 0.844. The van der Waals surface area contributed by atoms with Crippen molar-refractivity contribution in [1.82, 2.24) is 0 Å². The maximum Gasteiger partial charge on any atom is 0.166 e. The van der Waals surface area contributed by atoms with Crippen LogP contribution in [0.1, 0.15) is 6.42 Å². The van der Waals surface area contributed by atoms with Crippen molar-refractivity contribution in [2.45, 2.75) is 6.42 Å². The van der Waals surface area contributed by atoms with Crippen molar-refractivity contribution in [3.8, 4) is 5.75 Å². The third-order valence-electron chi connectivity index (χ3n) is 1.47. The van der Waals surface area contributed by atoms with Crippen molar-refractivity contribution in [2.24, 2.45) is 0 Å². The minimum absolute atomic E-state index is 0.282. The molecule has 70 valence electrons. The van der Waals surface area contributed by atoms with Crippen LogP contribution in [0.25, 0.3) is 0 Å². The summed E-state index contributed by atoms with van der Waals surface area (Å²) in [4.78, 5) is 0. The topological polar surface area (TPSA) is 9.23 Å². The molecule has 0 amide bonds. The summed E-state index contributed by atoms with van der Waals surface area (Å²) in [6, 6.07) is 4.72. The van der Waals surface area contributed by atoms with E-state index < -0.39 is 0 Å². The van der Waals surface area contributed by atoms with Gasteiger partial charge in [-0.2, -0.15) is 0 Å². The molecule has 0 N–H and O–H groups in total. The number of ether oxygens (including phenoxy) is 1. The molecule has 1 aromatic carbocycles. The van der Waals surface area contributed by atoms with E-state index in [0.717, 1.165) is 6.42 Å². The van der Waals surface area contributed by atoms with Gasteiger partial charge in [-0.05, 0) is 24.6 Å². The molecular formula is C10H10BrFO. The van der Waals surface area contributed by atoms with E-state index in [1.165, 1.54) is 6.07 Å². The van der Waals surface area contributed by atoms with E-state index in [2.05, 4.69) is 22.5 Å². The molecule has 3 heteroatoms. The summed E-state index contributed by atoms with van der Waals surface area (Å²) >= 11 is 3.17. The Hall–Kier alpha value is -0.830. The zero-order valence-electron chi connectivity index (χ0n) is 7.09. The van der Waals surface area contributed by atoms with Gasteiger partial charge in [0, 0.05) is 4.47 Å². The lowest BCUT2D eigenvalue weighted by atomic mass is 10.3. The smallest absolute Gasteiger partial charge is 0.166 e. The fraction of sp³-hybridized carbons (Fsp3) is 0.200. The summed E-state index contributed by atoms with van der Waals surface area (Å²) in [7, 11) is 0. The molecule has 0 unspecified atom stereocenters. The third-order valence-corrected chi connectivity index (χ3v) is 1.97. The minimum Gasteiger partial charge on any atom is -0.490 e. The molecule has 0 aliphatic heterocycles. The van der Waals surface area contributed by atoms with Crippen molar-refractivity contribution < 1.29 is 9.13 Å². The zero-order valence-corrected chi connectivity index (χ0v) is 8.68. The van der Waals surface area contributed by atoms with Gasteiger partial charge in [-0.25, -0.2) is 4.39 Å². The molecule has 0 atom stereocenters. The van der Waals surface area contributed by atoms with E-state index in [-0.39, 0.29) is 11.6 Å². The second-order valence-corrected chi connectivity index (χ2v) is 3.42. The van der Waals surface area contributed by atoms with Gasteiger partial charge in [-0.1, -0.05) is 22.0 Å². The highest BCUT2D eigenvalue weighted by molar-refractivity contribution is 9.10. The van der Waals surface area contributed by atoms with E-state index >= 15 is 0 Å². The van der Waals surface area contributed by atoms with Gasteiger partial charge in [0.1, 0.15) is 0 Å². The largest absolute Gasteiger partial charge is 0.490 e. The van der Waals surface area contributed by atoms with E-state index in [1.807, 2.05) is 0 Å². The molecule has 0 saturated carbocycles. The van der Waals surface area contributed by atoms with Crippen LogP contribution in [0.4, 0.5) is 4.39 Å². The van der Waals surface area contributed by atoms with Crippen molar-refractivity contribution in [3.05, 3.63) is 41.1 Å². The third kappa shape index (κ3) is 3.19. The molecule has 0 fully saturated rings. The highest BCUT2D eigenvalue weighted by Crippen LogP contribution is 2.21. The van der Waals surface area contributed by atoms with Crippen molar-refractivity contribution in [3.63, 3.8) is 0 Å². The van der Waals surface area contributed by atoms with Crippen LogP contribution in [-0.2, 0) is 0 Å². The van der Waals surface area contributed by atoms with Crippen LogP contribution < -0.4 is 4.74 Å². The van der Waals surface area contributed by atoms with Gasteiger partial charge >= 0.3 is 0 Å². The molecule has 1 rings (SSSR count). The van der Waals surface area contributed by atoms with E-state index in [1.54, 1.807) is 18.2 Å². The van der Waals surface area contributed by atoms with E-state index in [0.29, 0.717) is 11.1 Å². The van der Waals surface area contributed by atoms with Gasteiger partial charge in [0.25, 0.3) is 0 Å². The number of hydrogen-bond acceptors (Lipinski definition) is 1. The first-order valence-corrected chi connectivity index (χ1v) is 4.72. The molecule has 0 aliphatic carbocycles. The van der Waals surface area contributed by atoms with Gasteiger partial charge in [-0.3, -0.25) is 0 Å². The second kappa shape index (κ2) is 5.02. The lowest BCUT2D eigenvalue weighted by molar-refractivity contribution is 0.308. The summed E-state index contributed by atoms with van der Waals surface area (Å²) in [6.45, 7) is 4.01. The average Bonchev–Trinajstić information content (AvgIpc) is 2.09. The van der Waals surface area contributed by atoms with Crippen LogP contribution in [0.5, 0.6) is 5.75 Å². The van der Waals surface area contributed by atoms with Crippen LogP contribution >= 0.6 is 15.9 Å². The molecule has 1 nitrogen and oxygen atoms in total. The first kappa shape index (κ1) is 10.3. The Bertz CT molecular complexity index is 299. The Morgan fingerprint density at radius 2 is 2.31 bits per heavy atom. The fourth-order valence-corrected chi connectivity index (χ4v) is 1.18. The van der Waals surface area contributed by atoms with Gasteiger partial charge in [0.15, 0.2) is 11.6 Å². The summed E-state index contributed by atoms with van der Waals surface area (Å²) in [5.74, 6) is -0.0662. The molecular weight excluding hydrogens is 235 g/mol. The molecule has 13 heavy (non-hydrogen) atoms. The number of hydrogen-bond donors (Lipinski definition) is 0. The van der Waals surface area contributed by atoms with Crippen LogP contribution in [0.15, 0.2) is 35.3 Å². The van der Waals surface area contributed by atoms with Gasteiger partial charge < -0.3 is 4.74 Å². The highest BCUT2D eigenvalue weighted by atomic mass is 79.9. The van der Waals surface area contributed by atoms with E-state index in [9.17, 15) is 4.39 Å². The van der Waals surface area contributed by atoms with Crippen LogP contribution in [-0.4, -0.2) is 6.61 Å². The number of benzene rings is 1. The number of halogens is 2. The monoisotopic (exact) mass is 244 g/mol. The zero-order chi connectivity index (χ0) is 9.68. The summed E-state index contributed by atoms with van der Waals surface area (Å²) in [6.07, 6.45) is 2.45. The molecule has 0 saturated heterocycles. The predicted octanol–water partition coefficient (Wildman–Crippen LogP) is 3.54. The molecule has 0 aromatic heterocycles. The van der Waals surface area contributed by atoms with Gasteiger partial charge in [-0.15, -0.1) is 6.58 Å².